The monoisotopic (exact) mass is 359 g/mol. The molecule has 1 atom stereocenters. The number of methoxy groups -OCH3 is 1. The van der Waals surface area contributed by atoms with E-state index in [2.05, 4.69) is 10.3 Å². The molecule has 7 heteroatoms. The van der Waals surface area contributed by atoms with E-state index in [-0.39, 0.29) is 24.3 Å². The second-order valence-corrected chi connectivity index (χ2v) is 6.86. The highest BCUT2D eigenvalue weighted by atomic mass is 32.1. The standard InChI is InChI=1S/C18H21N3O3S/c1-24-11-16(22)21-9-5-8-14(10-21)17(23)20-18-19-15(12-25-18)13-6-3-2-4-7-13/h2-4,6-7,12,14H,5,8-11H2,1H3,(H,19,20,23)/t14-/m0/s1. The van der Waals surface area contributed by atoms with Crippen LogP contribution in [-0.2, 0) is 14.3 Å². The second-order valence-electron chi connectivity index (χ2n) is 6.01. The van der Waals surface area contributed by atoms with Gasteiger partial charge >= 0.3 is 0 Å². The van der Waals surface area contributed by atoms with Crippen LogP contribution in [0, 0.1) is 5.92 Å². The molecule has 1 aromatic heterocycles. The maximum absolute atomic E-state index is 12.5. The Morgan fingerprint density at radius 2 is 2.16 bits per heavy atom. The molecule has 6 nitrogen and oxygen atoms in total. The molecule has 0 bridgehead atoms. The van der Waals surface area contributed by atoms with Crippen LogP contribution < -0.4 is 5.32 Å². The molecule has 132 valence electrons. The van der Waals surface area contributed by atoms with Crippen LogP contribution in [0.1, 0.15) is 12.8 Å². The molecule has 2 aromatic rings. The summed E-state index contributed by atoms with van der Waals surface area (Å²) in [6, 6.07) is 9.85. The summed E-state index contributed by atoms with van der Waals surface area (Å²) < 4.78 is 4.89. The SMILES string of the molecule is COCC(=O)N1CCC[C@H](C(=O)Nc2nc(-c3ccccc3)cs2)C1. The number of nitrogens with one attached hydrogen (secondary N) is 1. The lowest BCUT2D eigenvalue weighted by atomic mass is 9.97. The van der Waals surface area contributed by atoms with E-state index in [1.165, 1.54) is 18.4 Å². The number of benzene rings is 1. The van der Waals surface area contributed by atoms with Gasteiger partial charge in [0.15, 0.2) is 5.13 Å². The van der Waals surface area contributed by atoms with Crippen molar-refractivity contribution in [3.8, 4) is 11.3 Å². The predicted octanol–water partition coefficient (Wildman–Crippen LogP) is 2.63. The van der Waals surface area contributed by atoms with E-state index in [1.54, 1.807) is 4.90 Å². The van der Waals surface area contributed by atoms with Crippen LogP contribution in [0.15, 0.2) is 35.7 Å². The molecule has 25 heavy (non-hydrogen) atoms. The van der Waals surface area contributed by atoms with Crippen molar-refractivity contribution in [2.75, 3.05) is 32.1 Å². The summed E-state index contributed by atoms with van der Waals surface area (Å²) in [6.45, 7) is 1.17. The van der Waals surface area contributed by atoms with E-state index >= 15 is 0 Å². The highest BCUT2D eigenvalue weighted by Crippen LogP contribution is 2.26. The van der Waals surface area contributed by atoms with Gasteiger partial charge in [-0.15, -0.1) is 11.3 Å². The summed E-state index contributed by atoms with van der Waals surface area (Å²) in [5, 5.41) is 5.41. The predicted molar refractivity (Wildman–Crippen MR) is 97.4 cm³/mol. The molecule has 1 fully saturated rings. The number of hydrogen-bond acceptors (Lipinski definition) is 5. The zero-order valence-corrected chi connectivity index (χ0v) is 14.9. The van der Waals surface area contributed by atoms with Crippen molar-refractivity contribution in [1.82, 2.24) is 9.88 Å². The molecule has 2 amide bonds. The zero-order valence-electron chi connectivity index (χ0n) is 14.1. The molecule has 0 unspecified atom stereocenters. The largest absolute Gasteiger partial charge is 0.375 e. The van der Waals surface area contributed by atoms with E-state index < -0.39 is 0 Å². The Balaban J connectivity index is 1.60. The lowest BCUT2D eigenvalue weighted by Gasteiger charge is -2.31. The Morgan fingerprint density at radius 1 is 1.36 bits per heavy atom. The lowest BCUT2D eigenvalue weighted by Crippen LogP contribution is -2.45. The number of aromatic nitrogens is 1. The van der Waals surface area contributed by atoms with Crippen molar-refractivity contribution in [2.24, 2.45) is 5.92 Å². The average Bonchev–Trinajstić information content (AvgIpc) is 3.11. The fourth-order valence-electron chi connectivity index (χ4n) is 2.91. The van der Waals surface area contributed by atoms with Crippen molar-refractivity contribution in [2.45, 2.75) is 12.8 Å². The Morgan fingerprint density at radius 3 is 2.92 bits per heavy atom. The first kappa shape index (κ1) is 17.6. The number of anilines is 1. The molecule has 1 aliphatic heterocycles. The van der Waals surface area contributed by atoms with Gasteiger partial charge in [-0.1, -0.05) is 30.3 Å². The second kappa shape index (κ2) is 8.22. The normalized spacial score (nSPS) is 17.3. The maximum Gasteiger partial charge on any atom is 0.248 e. The summed E-state index contributed by atoms with van der Waals surface area (Å²) in [5.41, 5.74) is 1.87. The van der Waals surface area contributed by atoms with Crippen molar-refractivity contribution >= 4 is 28.3 Å². The summed E-state index contributed by atoms with van der Waals surface area (Å²) >= 11 is 1.41. The third-order valence-corrected chi connectivity index (χ3v) is 4.97. The molecule has 0 radical (unpaired) electrons. The Kier molecular flexibility index (Phi) is 5.78. The molecule has 0 aliphatic carbocycles. The molecule has 1 N–H and O–H groups in total. The molecular weight excluding hydrogens is 338 g/mol. The van der Waals surface area contributed by atoms with Crippen LogP contribution in [0.3, 0.4) is 0 Å². The minimum atomic E-state index is -0.210. The number of carbonyl (C=O) groups is 2. The van der Waals surface area contributed by atoms with Crippen LogP contribution in [0.5, 0.6) is 0 Å². The van der Waals surface area contributed by atoms with E-state index in [0.29, 0.717) is 18.2 Å². The van der Waals surface area contributed by atoms with Gasteiger partial charge in [0.2, 0.25) is 11.8 Å². The van der Waals surface area contributed by atoms with Crippen molar-refractivity contribution in [3.63, 3.8) is 0 Å². The van der Waals surface area contributed by atoms with Gasteiger partial charge in [0.1, 0.15) is 6.61 Å². The fraction of sp³-hybridized carbons (Fsp3) is 0.389. The lowest BCUT2D eigenvalue weighted by molar-refractivity contribution is -0.138. The van der Waals surface area contributed by atoms with Gasteiger partial charge in [0, 0.05) is 31.1 Å². The number of thiazole rings is 1. The number of ether oxygens (including phenoxy) is 1. The minimum absolute atomic E-state index is 0.0568. The Labute approximate surface area is 150 Å². The van der Waals surface area contributed by atoms with E-state index in [1.807, 2.05) is 35.7 Å². The van der Waals surface area contributed by atoms with Gasteiger partial charge in [-0.2, -0.15) is 0 Å². The maximum atomic E-state index is 12.5. The van der Waals surface area contributed by atoms with Crippen LogP contribution in [0.25, 0.3) is 11.3 Å². The minimum Gasteiger partial charge on any atom is -0.375 e. The third-order valence-electron chi connectivity index (χ3n) is 4.22. The number of piperidine rings is 1. The smallest absolute Gasteiger partial charge is 0.248 e. The summed E-state index contributed by atoms with van der Waals surface area (Å²) in [7, 11) is 1.50. The number of rotatable bonds is 5. The molecule has 3 rings (SSSR count). The van der Waals surface area contributed by atoms with Crippen LogP contribution in [0.2, 0.25) is 0 Å². The molecule has 2 heterocycles. The highest BCUT2D eigenvalue weighted by Gasteiger charge is 2.28. The molecule has 1 aliphatic rings. The van der Waals surface area contributed by atoms with Gasteiger partial charge in [-0.25, -0.2) is 4.98 Å². The number of amides is 2. The Hall–Kier alpha value is -2.25. The molecule has 0 saturated carbocycles. The van der Waals surface area contributed by atoms with Crippen LogP contribution >= 0.6 is 11.3 Å². The first-order chi connectivity index (χ1) is 12.2. The first-order valence-corrected chi connectivity index (χ1v) is 9.14. The number of likely N-dealkylation sites (tertiary alicyclic amines) is 1. The zero-order chi connectivity index (χ0) is 17.6. The summed E-state index contributed by atoms with van der Waals surface area (Å²) in [5.74, 6) is -0.358. The van der Waals surface area contributed by atoms with E-state index in [9.17, 15) is 9.59 Å². The number of nitrogens with zero attached hydrogens (tertiary/aromatic N) is 2. The third kappa shape index (κ3) is 4.43. The molecule has 1 saturated heterocycles. The molecule has 0 spiro atoms. The van der Waals surface area contributed by atoms with Gasteiger partial charge in [0.25, 0.3) is 0 Å². The fourth-order valence-corrected chi connectivity index (χ4v) is 3.64. The van der Waals surface area contributed by atoms with Crippen molar-refractivity contribution in [3.05, 3.63) is 35.7 Å². The van der Waals surface area contributed by atoms with E-state index in [4.69, 9.17) is 4.74 Å². The number of carbonyl (C=O) groups excluding carboxylic acids is 2. The topological polar surface area (TPSA) is 71.5 Å². The van der Waals surface area contributed by atoms with Gasteiger partial charge in [-0.05, 0) is 12.8 Å². The molecular formula is C18H21N3O3S. The van der Waals surface area contributed by atoms with Crippen LogP contribution in [0.4, 0.5) is 5.13 Å². The summed E-state index contributed by atoms with van der Waals surface area (Å²) in [6.07, 6.45) is 1.60. The first-order valence-electron chi connectivity index (χ1n) is 8.26. The molecule has 1 aromatic carbocycles. The van der Waals surface area contributed by atoms with Crippen molar-refractivity contribution < 1.29 is 14.3 Å². The van der Waals surface area contributed by atoms with Crippen molar-refractivity contribution in [1.29, 1.82) is 0 Å². The Bertz CT molecular complexity index is 732. The summed E-state index contributed by atoms with van der Waals surface area (Å²) in [4.78, 5) is 30.7. The van der Waals surface area contributed by atoms with Gasteiger partial charge in [0.05, 0.1) is 11.6 Å². The highest BCUT2D eigenvalue weighted by molar-refractivity contribution is 7.14. The average molecular weight is 359 g/mol. The van der Waals surface area contributed by atoms with Gasteiger partial charge < -0.3 is 15.0 Å². The number of hydrogen-bond donors (Lipinski definition) is 1. The van der Waals surface area contributed by atoms with Crippen LogP contribution in [-0.4, -0.2) is 48.5 Å². The quantitative estimate of drug-likeness (QED) is 0.891. The van der Waals surface area contributed by atoms with E-state index in [0.717, 1.165) is 24.1 Å². The van der Waals surface area contributed by atoms with Gasteiger partial charge in [-0.3, -0.25) is 9.59 Å².